The van der Waals surface area contributed by atoms with Crippen LogP contribution in [-0.4, -0.2) is 23.9 Å². The van der Waals surface area contributed by atoms with Gasteiger partial charge in [0.05, 0.1) is 0 Å². The summed E-state index contributed by atoms with van der Waals surface area (Å²) in [4.78, 5) is 1.99. The van der Waals surface area contributed by atoms with E-state index in [1.807, 2.05) is 27.5 Å². The van der Waals surface area contributed by atoms with Gasteiger partial charge in [-0.05, 0) is 40.3 Å². The van der Waals surface area contributed by atoms with Gasteiger partial charge in [0.2, 0.25) is 0 Å². The van der Waals surface area contributed by atoms with Crippen LogP contribution in [0.15, 0.2) is 18.2 Å². The molecule has 1 aromatic rings. The van der Waals surface area contributed by atoms with Crippen molar-refractivity contribution in [3.8, 4) is 0 Å². The van der Waals surface area contributed by atoms with Gasteiger partial charge >= 0.3 is 0 Å². The number of nitrogens with zero attached hydrogens (tertiary/aromatic N) is 1. The molecule has 94 valence electrons. The predicted octanol–water partition coefficient (Wildman–Crippen LogP) is 3.66. The van der Waals surface area contributed by atoms with Gasteiger partial charge in [0.1, 0.15) is 5.82 Å². The highest BCUT2D eigenvalue weighted by molar-refractivity contribution is 14.1. The Bertz CT molecular complexity index is 399. The lowest BCUT2D eigenvalue weighted by atomic mass is 10.1. The molecule has 0 radical (unpaired) electrons. The summed E-state index contributed by atoms with van der Waals surface area (Å²) < 4.78 is 39.5. The minimum Gasteiger partial charge on any atom is -0.299 e. The molecule has 1 nitrogen and oxygen atoms in total. The van der Waals surface area contributed by atoms with Crippen molar-refractivity contribution in [2.45, 2.75) is 25.3 Å². The first-order valence-electron chi connectivity index (χ1n) is 5.50. The minimum absolute atomic E-state index is 0.0781. The zero-order chi connectivity index (χ0) is 12.5. The molecule has 17 heavy (non-hydrogen) atoms. The van der Waals surface area contributed by atoms with Gasteiger partial charge in [0, 0.05) is 36.0 Å². The molecule has 0 saturated carbocycles. The Hall–Kier alpha value is -0.300. The Balaban J connectivity index is 1.95. The van der Waals surface area contributed by atoms with Crippen LogP contribution in [0.25, 0.3) is 0 Å². The van der Waals surface area contributed by atoms with Crippen molar-refractivity contribution in [3.05, 3.63) is 33.1 Å². The molecule has 1 fully saturated rings. The van der Waals surface area contributed by atoms with E-state index in [4.69, 9.17) is 0 Å². The Morgan fingerprint density at radius 1 is 1.24 bits per heavy atom. The van der Waals surface area contributed by atoms with Gasteiger partial charge in [-0.3, -0.25) is 4.90 Å². The molecule has 1 aliphatic rings. The first kappa shape index (κ1) is 13.1. The molecule has 1 aliphatic heterocycles. The zero-order valence-electron chi connectivity index (χ0n) is 9.23. The average molecular weight is 355 g/mol. The monoisotopic (exact) mass is 355 g/mol. The van der Waals surface area contributed by atoms with Crippen molar-refractivity contribution in [1.82, 2.24) is 4.90 Å². The van der Waals surface area contributed by atoms with Crippen molar-refractivity contribution >= 4 is 22.6 Å². The lowest BCUT2D eigenvalue weighted by molar-refractivity contribution is -0.0566. The highest BCUT2D eigenvalue weighted by atomic mass is 127. The molecule has 0 spiro atoms. The Morgan fingerprint density at radius 2 is 1.88 bits per heavy atom. The predicted molar refractivity (Wildman–Crippen MR) is 68.6 cm³/mol. The fourth-order valence-electron chi connectivity index (χ4n) is 1.93. The second-order valence-electron chi connectivity index (χ2n) is 4.38. The highest BCUT2D eigenvalue weighted by Gasteiger charge is 2.33. The normalized spacial score (nSPS) is 20.5. The summed E-state index contributed by atoms with van der Waals surface area (Å²) in [5.74, 6) is -2.74. The lowest BCUT2D eigenvalue weighted by Crippen LogP contribution is -2.38. The van der Waals surface area contributed by atoms with Crippen LogP contribution in [0.5, 0.6) is 0 Å². The van der Waals surface area contributed by atoms with E-state index in [2.05, 4.69) is 0 Å². The zero-order valence-corrected chi connectivity index (χ0v) is 11.4. The number of likely N-dealkylation sites (tertiary alicyclic amines) is 1. The summed E-state index contributed by atoms with van der Waals surface area (Å²) in [5.41, 5.74) is 0.973. The Labute approximate surface area is 112 Å². The molecular weight excluding hydrogens is 342 g/mol. The molecule has 0 aromatic heterocycles. The topological polar surface area (TPSA) is 3.24 Å². The number of hydrogen-bond donors (Lipinski definition) is 0. The fraction of sp³-hybridized carbons (Fsp3) is 0.500. The summed E-state index contributed by atoms with van der Waals surface area (Å²) in [5, 5.41) is 0. The molecular formula is C12H13F3IN. The van der Waals surface area contributed by atoms with Crippen molar-refractivity contribution in [2.24, 2.45) is 0 Å². The molecule has 0 unspecified atom stereocenters. The maximum Gasteiger partial charge on any atom is 0.250 e. The van der Waals surface area contributed by atoms with E-state index in [-0.39, 0.29) is 18.7 Å². The van der Waals surface area contributed by atoms with Crippen molar-refractivity contribution in [2.75, 3.05) is 13.1 Å². The van der Waals surface area contributed by atoms with Crippen LogP contribution in [0, 0.1) is 9.39 Å². The molecule has 1 heterocycles. The maximum absolute atomic E-state index is 13.1. The first-order chi connectivity index (χ1) is 7.96. The standard InChI is InChI=1S/C12H13F3IN/c13-10-2-1-9(7-11(10)16)8-17-5-3-12(14,15)4-6-17/h1-2,7H,3-6,8H2. The molecule has 2 rings (SSSR count). The summed E-state index contributed by atoms with van der Waals surface area (Å²) in [7, 11) is 0. The molecule has 0 amide bonds. The molecule has 0 N–H and O–H groups in total. The lowest BCUT2D eigenvalue weighted by Gasteiger charge is -2.31. The quantitative estimate of drug-likeness (QED) is 0.732. The highest BCUT2D eigenvalue weighted by Crippen LogP contribution is 2.28. The average Bonchev–Trinajstić information content (AvgIpc) is 2.27. The smallest absolute Gasteiger partial charge is 0.250 e. The molecule has 5 heteroatoms. The van der Waals surface area contributed by atoms with E-state index in [1.165, 1.54) is 6.07 Å². The van der Waals surface area contributed by atoms with Crippen LogP contribution in [0.1, 0.15) is 18.4 Å². The van der Waals surface area contributed by atoms with E-state index in [1.54, 1.807) is 12.1 Å². The second kappa shape index (κ2) is 5.14. The summed E-state index contributed by atoms with van der Waals surface area (Å²) >= 11 is 1.94. The van der Waals surface area contributed by atoms with Crippen molar-refractivity contribution < 1.29 is 13.2 Å². The molecule has 1 aromatic carbocycles. The van der Waals surface area contributed by atoms with Gasteiger partial charge < -0.3 is 0 Å². The third-order valence-electron chi connectivity index (χ3n) is 2.98. The number of benzene rings is 1. The third-order valence-corrected chi connectivity index (χ3v) is 3.80. The number of rotatable bonds is 2. The largest absolute Gasteiger partial charge is 0.299 e. The molecule has 0 aliphatic carbocycles. The third kappa shape index (κ3) is 3.58. The maximum atomic E-state index is 13.1. The van der Waals surface area contributed by atoms with Gasteiger partial charge in [-0.1, -0.05) is 6.07 Å². The van der Waals surface area contributed by atoms with Gasteiger partial charge in [-0.2, -0.15) is 0 Å². The van der Waals surface area contributed by atoms with Gasteiger partial charge in [-0.15, -0.1) is 0 Å². The Kier molecular flexibility index (Phi) is 3.97. The van der Waals surface area contributed by atoms with Crippen LogP contribution in [-0.2, 0) is 6.54 Å². The van der Waals surface area contributed by atoms with Crippen LogP contribution >= 0.6 is 22.6 Å². The summed E-state index contributed by atoms with van der Waals surface area (Å²) in [6.07, 6.45) is -0.156. The number of alkyl halides is 2. The van der Waals surface area contributed by atoms with Crippen LogP contribution in [0.4, 0.5) is 13.2 Å². The number of piperidine rings is 1. The number of halogens is 4. The summed E-state index contributed by atoms with van der Waals surface area (Å²) in [6, 6.07) is 4.91. The van der Waals surface area contributed by atoms with Gasteiger partial charge in [-0.25, -0.2) is 13.2 Å². The van der Waals surface area contributed by atoms with Crippen molar-refractivity contribution in [3.63, 3.8) is 0 Å². The second-order valence-corrected chi connectivity index (χ2v) is 5.54. The minimum atomic E-state index is -2.51. The summed E-state index contributed by atoms with van der Waals surface area (Å²) in [6.45, 7) is 1.42. The Morgan fingerprint density at radius 3 is 2.47 bits per heavy atom. The van der Waals surface area contributed by atoms with Crippen LogP contribution in [0.2, 0.25) is 0 Å². The van der Waals surface area contributed by atoms with Crippen LogP contribution in [0.3, 0.4) is 0 Å². The number of hydrogen-bond acceptors (Lipinski definition) is 1. The molecule has 0 atom stereocenters. The van der Waals surface area contributed by atoms with E-state index >= 15 is 0 Å². The molecule has 1 saturated heterocycles. The van der Waals surface area contributed by atoms with E-state index < -0.39 is 5.92 Å². The van der Waals surface area contributed by atoms with Crippen molar-refractivity contribution in [1.29, 1.82) is 0 Å². The van der Waals surface area contributed by atoms with E-state index in [0.717, 1.165) is 5.56 Å². The van der Waals surface area contributed by atoms with Gasteiger partial charge in [0.25, 0.3) is 5.92 Å². The van der Waals surface area contributed by atoms with E-state index in [0.29, 0.717) is 23.2 Å². The SMILES string of the molecule is Fc1ccc(CN2CCC(F)(F)CC2)cc1I. The van der Waals surface area contributed by atoms with Gasteiger partial charge in [0.15, 0.2) is 0 Å². The van der Waals surface area contributed by atoms with E-state index in [9.17, 15) is 13.2 Å². The first-order valence-corrected chi connectivity index (χ1v) is 6.58. The van der Waals surface area contributed by atoms with Crippen LogP contribution < -0.4 is 0 Å². The molecule has 0 bridgehead atoms. The fourth-order valence-corrected chi connectivity index (χ4v) is 2.51.